The first kappa shape index (κ1) is 17.8. The van der Waals surface area contributed by atoms with Crippen LogP contribution in [0, 0.1) is 5.82 Å². The Balaban J connectivity index is 2.05. The molecular weight excluding hydrogens is 311 g/mol. The molecule has 0 bridgehead atoms. The molecule has 0 saturated heterocycles. The Morgan fingerprint density at radius 3 is 2.79 bits per heavy atom. The number of aromatic nitrogens is 2. The van der Waals surface area contributed by atoms with Crippen molar-refractivity contribution in [3.05, 3.63) is 63.8 Å². The molecule has 128 valence electrons. The summed E-state index contributed by atoms with van der Waals surface area (Å²) < 4.78 is 14.4. The van der Waals surface area contributed by atoms with E-state index in [1.165, 1.54) is 24.3 Å². The fraction of sp³-hybridized carbons (Fsp3) is 0.353. The molecule has 1 aromatic carbocycles. The van der Waals surface area contributed by atoms with Crippen molar-refractivity contribution in [2.75, 3.05) is 27.2 Å². The highest BCUT2D eigenvalue weighted by atomic mass is 19.1. The second kappa shape index (κ2) is 8.35. The molecule has 0 aliphatic carbocycles. The highest BCUT2D eigenvalue weighted by molar-refractivity contribution is 5.91. The first-order chi connectivity index (χ1) is 11.5. The van der Waals surface area contributed by atoms with Gasteiger partial charge >= 0.3 is 0 Å². The third kappa shape index (κ3) is 5.27. The zero-order chi connectivity index (χ0) is 17.5. The molecule has 1 N–H and O–H groups in total. The third-order valence-electron chi connectivity index (χ3n) is 3.39. The molecule has 24 heavy (non-hydrogen) atoms. The maximum atomic E-state index is 13.2. The molecular formula is C17H21FN4O2. The summed E-state index contributed by atoms with van der Waals surface area (Å²) in [6.07, 6.45) is 0.821. The monoisotopic (exact) mass is 332 g/mol. The van der Waals surface area contributed by atoms with Crippen LogP contribution < -0.4 is 10.9 Å². The lowest BCUT2D eigenvalue weighted by Gasteiger charge is -2.10. The van der Waals surface area contributed by atoms with Gasteiger partial charge in [0.05, 0.1) is 6.54 Å². The number of nitrogens with zero attached hydrogens (tertiary/aromatic N) is 3. The zero-order valence-electron chi connectivity index (χ0n) is 13.8. The van der Waals surface area contributed by atoms with Crippen LogP contribution in [0.25, 0.3) is 0 Å². The second-order valence-corrected chi connectivity index (χ2v) is 5.76. The van der Waals surface area contributed by atoms with E-state index in [2.05, 4.69) is 10.4 Å². The molecule has 2 rings (SSSR count). The number of nitrogens with one attached hydrogen (secondary N) is 1. The van der Waals surface area contributed by atoms with E-state index < -0.39 is 0 Å². The Labute approximate surface area is 139 Å². The molecule has 0 fully saturated rings. The number of hydrogen-bond donors (Lipinski definition) is 1. The first-order valence-electron chi connectivity index (χ1n) is 7.71. The number of amides is 1. The smallest absolute Gasteiger partial charge is 0.271 e. The van der Waals surface area contributed by atoms with Crippen molar-refractivity contribution in [3.8, 4) is 0 Å². The maximum absolute atomic E-state index is 13.2. The van der Waals surface area contributed by atoms with Gasteiger partial charge in [-0.2, -0.15) is 5.10 Å². The molecule has 0 radical (unpaired) electrons. The van der Waals surface area contributed by atoms with Crippen molar-refractivity contribution in [3.63, 3.8) is 0 Å². The van der Waals surface area contributed by atoms with Crippen molar-refractivity contribution in [2.45, 2.75) is 13.0 Å². The van der Waals surface area contributed by atoms with E-state index in [4.69, 9.17) is 0 Å². The van der Waals surface area contributed by atoms with Crippen molar-refractivity contribution in [2.24, 2.45) is 0 Å². The number of benzene rings is 1. The van der Waals surface area contributed by atoms with E-state index in [0.717, 1.165) is 17.6 Å². The van der Waals surface area contributed by atoms with Crippen molar-refractivity contribution in [1.82, 2.24) is 20.0 Å². The van der Waals surface area contributed by atoms with E-state index in [0.29, 0.717) is 12.1 Å². The van der Waals surface area contributed by atoms with Gasteiger partial charge in [-0.3, -0.25) is 9.59 Å². The highest BCUT2D eigenvalue weighted by Gasteiger charge is 2.09. The van der Waals surface area contributed by atoms with Crippen LogP contribution in [0.5, 0.6) is 0 Å². The van der Waals surface area contributed by atoms with Crippen LogP contribution in [-0.4, -0.2) is 47.8 Å². The van der Waals surface area contributed by atoms with Gasteiger partial charge in [0.1, 0.15) is 11.5 Å². The Kier molecular flexibility index (Phi) is 6.20. The summed E-state index contributed by atoms with van der Waals surface area (Å²) in [6.45, 7) is 1.51. The van der Waals surface area contributed by atoms with Gasteiger partial charge in [0.2, 0.25) is 0 Å². The summed E-state index contributed by atoms with van der Waals surface area (Å²) in [7, 11) is 3.93. The van der Waals surface area contributed by atoms with Crippen LogP contribution in [-0.2, 0) is 6.54 Å². The van der Waals surface area contributed by atoms with Gasteiger partial charge < -0.3 is 10.2 Å². The van der Waals surface area contributed by atoms with Crippen LogP contribution in [0.3, 0.4) is 0 Å². The van der Waals surface area contributed by atoms with Gasteiger partial charge in [0, 0.05) is 12.6 Å². The number of carbonyl (C=O) groups excluding carboxylic acids is 1. The van der Waals surface area contributed by atoms with E-state index in [1.807, 2.05) is 19.0 Å². The largest absolute Gasteiger partial charge is 0.351 e. The molecule has 0 spiro atoms. The zero-order valence-corrected chi connectivity index (χ0v) is 13.8. The summed E-state index contributed by atoms with van der Waals surface area (Å²) in [6, 6.07) is 8.62. The standard InChI is InChI=1S/C17H21FN4O2/c1-21(2)10-4-9-19-17(24)15-7-8-16(23)22(20-15)12-13-5-3-6-14(18)11-13/h3,5-8,11H,4,9-10,12H2,1-2H3,(H,19,24). The van der Waals surface area contributed by atoms with Crippen LogP contribution in [0.15, 0.2) is 41.2 Å². The molecule has 7 heteroatoms. The molecule has 0 aliphatic rings. The molecule has 0 saturated carbocycles. The normalized spacial score (nSPS) is 10.8. The van der Waals surface area contributed by atoms with E-state index in [9.17, 15) is 14.0 Å². The van der Waals surface area contributed by atoms with Crippen LogP contribution >= 0.6 is 0 Å². The maximum Gasteiger partial charge on any atom is 0.271 e. The van der Waals surface area contributed by atoms with Crippen molar-refractivity contribution < 1.29 is 9.18 Å². The molecule has 2 aromatic rings. The second-order valence-electron chi connectivity index (χ2n) is 5.76. The molecule has 1 aromatic heterocycles. The lowest BCUT2D eigenvalue weighted by molar-refractivity contribution is 0.0945. The van der Waals surface area contributed by atoms with Crippen LogP contribution in [0.2, 0.25) is 0 Å². The molecule has 1 amide bonds. The lowest BCUT2D eigenvalue weighted by Crippen LogP contribution is -2.31. The van der Waals surface area contributed by atoms with Gasteiger partial charge in [0.15, 0.2) is 0 Å². The summed E-state index contributed by atoms with van der Waals surface area (Å²) in [4.78, 5) is 26.0. The topological polar surface area (TPSA) is 67.2 Å². The Morgan fingerprint density at radius 1 is 1.29 bits per heavy atom. The van der Waals surface area contributed by atoms with E-state index >= 15 is 0 Å². The average Bonchev–Trinajstić information content (AvgIpc) is 2.53. The number of hydrogen-bond acceptors (Lipinski definition) is 4. The fourth-order valence-electron chi connectivity index (χ4n) is 2.18. The molecule has 1 heterocycles. The van der Waals surface area contributed by atoms with Gasteiger partial charge in [0.25, 0.3) is 11.5 Å². The van der Waals surface area contributed by atoms with Crippen LogP contribution in [0.4, 0.5) is 4.39 Å². The molecule has 0 unspecified atom stereocenters. The summed E-state index contributed by atoms with van der Waals surface area (Å²) in [5, 5.41) is 6.84. The predicted molar refractivity (Wildman–Crippen MR) is 89.5 cm³/mol. The third-order valence-corrected chi connectivity index (χ3v) is 3.39. The highest BCUT2D eigenvalue weighted by Crippen LogP contribution is 2.04. The molecule has 6 nitrogen and oxygen atoms in total. The Morgan fingerprint density at radius 2 is 2.08 bits per heavy atom. The van der Waals surface area contributed by atoms with Gasteiger partial charge in [-0.1, -0.05) is 12.1 Å². The number of carbonyl (C=O) groups is 1. The molecule has 0 atom stereocenters. The lowest BCUT2D eigenvalue weighted by atomic mass is 10.2. The van der Waals surface area contributed by atoms with Gasteiger partial charge in [-0.25, -0.2) is 9.07 Å². The summed E-state index contributed by atoms with van der Waals surface area (Å²) >= 11 is 0. The quantitative estimate of drug-likeness (QED) is 0.772. The Hall–Kier alpha value is -2.54. The summed E-state index contributed by atoms with van der Waals surface area (Å²) in [5.74, 6) is -0.711. The minimum absolute atomic E-state index is 0.109. The van der Waals surface area contributed by atoms with E-state index in [-0.39, 0.29) is 29.5 Å². The minimum atomic E-state index is -0.379. The van der Waals surface area contributed by atoms with Crippen LogP contribution in [0.1, 0.15) is 22.5 Å². The van der Waals surface area contributed by atoms with Crippen molar-refractivity contribution in [1.29, 1.82) is 0 Å². The average molecular weight is 332 g/mol. The van der Waals surface area contributed by atoms with Gasteiger partial charge in [-0.15, -0.1) is 0 Å². The fourth-order valence-corrected chi connectivity index (χ4v) is 2.18. The van der Waals surface area contributed by atoms with Gasteiger partial charge in [-0.05, 0) is 50.8 Å². The number of rotatable bonds is 7. The minimum Gasteiger partial charge on any atom is -0.351 e. The molecule has 0 aliphatic heterocycles. The SMILES string of the molecule is CN(C)CCCNC(=O)c1ccc(=O)n(Cc2cccc(F)c2)n1. The Bertz CT molecular complexity index is 758. The number of halogens is 1. The van der Waals surface area contributed by atoms with E-state index in [1.54, 1.807) is 12.1 Å². The van der Waals surface area contributed by atoms with Crippen molar-refractivity contribution >= 4 is 5.91 Å². The summed E-state index contributed by atoms with van der Waals surface area (Å²) in [5.41, 5.74) is 0.424. The predicted octanol–water partition coefficient (Wildman–Crippen LogP) is 1.11. The first-order valence-corrected chi connectivity index (χ1v) is 7.71.